The number of phenols is 1. The normalized spacial score (nSPS) is 11.6. The van der Waals surface area contributed by atoms with Crippen molar-refractivity contribution in [3.63, 3.8) is 0 Å². The first-order valence-electron chi connectivity index (χ1n) is 9.21. The molecule has 136 valence electrons. The SMILES string of the molecule is CCCCOc1ccc(C(CC)(CC)c2ccc(O)c(C)c2)cc1Br. The van der Waals surface area contributed by atoms with Crippen LogP contribution >= 0.6 is 15.9 Å². The van der Waals surface area contributed by atoms with Crippen LogP contribution in [0.15, 0.2) is 40.9 Å². The molecule has 0 aliphatic heterocycles. The molecule has 0 aliphatic carbocycles. The lowest BCUT2D eigenvalue weighted by atomic mass is 9.70. The van der Waals surface area contributed by atoms with Crippen LogP contribution < -0.4 is 4.74 Å². The standard InChI is InChI=1S/C22H29BrO2/c1-5-8-13-25-21-12-10-18(15-19(21)23)22(6-2,7-3)17-9-11-20(24)16(4)14-17/h9-12,14-15,24H,5-8,13H2,1-4H3. The summed E-state index contributed by atoms with van der Waals surface area (Å²) in [7, 11) is 0. The number of ether oxygens (including phenoxy) is 1. The lowest BCUT2D eigenvalue weighted by molar-refractivity contribution is 0.307. The monoisotopic (exact) mass is 404 g/mol. The molecule has 0 saturated carbocycles. The highest BCUT2D eigenvalue weighted by molar-refractivity contribution is 9.10. The first-order chi connectivity index (χ1) is 12.0. The lowest BCUT2D eigenvalue weighted by Gasteiger charge is -2.34. The molecule has 0 aliphatic rings. The van der Waals surface area contributed by atoms with Gasteiger partial charge in [0, 0.05) is 5.41 Å². The third-order valence-electron chi connectivity index (χ3n) is 5.20. The summed E-state index contributed by atoms with van der Waals surface area (Å²) < 4.78 is 6.88. The van der Waals surface area contributed by atoms with Crippen LogP contribution in [-0.2, 0) is 5.41 Å². The van der Waals surface area contributed by atoms with Gasteiger partial charge in [0.2, 0.25) is 0 Å². The first-order valence-corrected chi connectivity index (χ1v) is 10.0. The van der Waals surface area contributed by atoms with Gasteiger partial charge in [-0.2, -0.15) is 0 Å². The molecule has 0 unspecified atom stereocenters. The Balaban J connectivity index is 2.42. The number of hydrogen-bond acceptors (Lipinski definition) is 2. The van der Waals surface area contributed by atoms with Crippen molar-refractivity contribution in [2.75, 3.05) is 6.61 Å². The van der Waals surface area contributed by atoms with E-state index in [4.69, 9.17) is 4.74 Å². The van der Waals surface area contributed by atoms with E-state index < -0.39 is 0 Å². The number of unbranched alkanes of at least 4 members (excludes halogenated alkanes) is 1. The fourth-order valence-corrected chi connectivity index (χ4v) is 3.92. The predicted molar refractivity (Wildman–Crippen MR) is 109 cm³/mol. The van der Waals surface area contributed by atoms with Crippen LogP contribution in [0.1, 0.15) is 63.1 Å². The van der Waals surface area contributed by atoms with Crippen molar-refractivity contribution in [1.29, 1.82) is 0 Å². The third-order valence-corrected chi connectivity index (χ3v) is 5.82. The summed E-state index contributed by atoms with van der Waals surface area (Å²) in [5.41, 5.74) is 3.38. The van der Waals surface area contributed by atoms with Crippen LogP contribution in [0.3, 0.4) is 0 Å². The Morgan fingerprint density at radius 1 is 1.00 bits per heavy atom. The maximum Gasteiger partial charge on any atom is 0.133 e. The molecular weight excluding hydrogens is 376 g/mol. The zero-order valence-electron chi connectivity index (χ0n) is 15.7. The van der Waals surface area contributed by atoms with Gasteiger partial charge in [-0.05, 0) is 77.0 Å². The number of hydrogen-bond donors (Lipinski definition) is 1. The highest BCUT2D eigenvalue weighted by Gasteiger charge is 2.31. The Morgan fingerprint density at radius 3 is 2.20 bits per heavy atom. The van der Waals surface area contributed by atoms with Crippen LogP contribution in [0, 0.1) is 6.92 Å². The van der Waals surface area contributed by atoms with Crippen molar-refractivity contribution in [1.82, 2.24) is 0 Å². The highest BCUT2D eigenvalue weighted by atomic mass is 79.9. The van der Waals surface area contributed by atoms with Gasteiger partial charge in [-0.15, -0.1) is 0 Å². The Morgan fingerprint density at radius 2 is 1.64 bits per heavy atom. The van der Waals surface area contributed by atoms with Gasteiger partial charge in [-0.25, -0.2) is 0 Å². The second-order valence-corrected chi connectivity index (χ2v) is 7.49. The smallest absolute Gasteiger partial charge is 0.133 e. The van der Waals surface area contributed by atoms with Crippen LogP contribution in [0.5, 0.6) is 11.5 Å². The molecule has 2 aromatic carbocycles. The average molecular weight is 405 g/mol. The molecule has 0 bridgehead atoms. The summed E-state index contributed by atoms with van der Waals surface area (Å²) in [6.45, 7) is 9.32. The molecule has 1 N–H and O–H groups in total. The van der Waals surface area contributed by atoms with E-state index in [0.29, 0.717) is 5.75 Å². The third kappa shape index (κ3) is 4.20. The topological polar surface area (TPSA) is 29.5 Å². The molecule has 3 heteroatoms. The number of phenolic OH excluding ortho intramolecular Hbond substituents is 1. The van der Waals surface area contributed by atoms with Crippen molar-refractivity contribution in [3.8, 4) is 11.5 Å². The Bertz CT molecular complexity index is 705. The van der Waals surface area contributed by atoms with E-state index in [-0.39, 0.29) is 5.41 Å². The van der Waals surface area contributed by atoms with Gasteiger partial charge in [0.1, 0.15) is 11.5 Å². The van der Waals surface area contributed by atoms with Crippen molar-refractivity contribution in [2.45, 2.75) is 58.8 Å². The summed E-state index contributed by atoms with van der Waals surface area (Å²) >= 11 is 3.68. The Kier molecular flexibility index (Phi) is 6.95. The second-order valence-electron chi connectivity index (χ2n) is 6.64. The molecule has 0 fully saturated rings. The zero-order chi connectivity index (χ0) is 18.4. The van der Waals surface area contributed by atoms with Crippen LogP contribution in [-0.4, -0.2) is 11.7 Å². The molecule has 0 aromatic heterocycles. The molecule has 0 amide bonds. The lowest BCUT2D eigenvalue weighted by Crippen LogP contribution is -2.26. The summed E-state index contributed by atoms with van der Waals surface area (Å²) in [6, 6.07) is 12.4. The van der Waals surface area contributed by atoms with E-state index in [1.54, 1.807) is 0 Å². The molecule has 0 heterocycles. The predicted octanol–water partition coefficient (Wildman–Crippen LogP) is 6.75. The molecule has 0 radical (unpaired) electrons. The van der Waals surface area contributed by atoms with E-state index in [2.05, 4.69) is 67.0 Å². The van der Waals surface area contributed by atoms with Gasteiger partial charge >= 0.3 is 0 Å². The first kappa shape index (κ1) is 19.8. The summed E-state index contributed by atoms with van der Waals surface area (Å²) in [5.74, 6) is 1.26. The van der Waals surface area contributed by atoms with Gasteiger partial charge < -0.3 is 9.84 Å². The molecular formula is C22H29BrO2. The quantitative estimate of drug-likeness (QED) is 0.493. The summed E-state index contributed by atoms with van der Waals surface area (Å²) in [5, 5.41) is 9.88. The van der Waals surface area contributed by atoms with Crippen LogP contribution in [0.25, 0.3) is 0 Å². The molecule has 25 heavy (non-hydrogen) atoms. The average Bonchev–Trinajstić information content (AvgIpc) is 2.61. The van der Waals surface area contributed by atoms with Crippen molar-refractivity contribution >= 4 is 15.9 Å². The summed E-state index contributed by atoms with van der Waals surface area (Å²) in [6.07, 6.45) is 4.19. The number of benzene rings is 2. The molecule has 0 atom stereocenters. The minimum Gasteiger partial charge on any atom is -0.508 e. The van der Waals surface area contributed by atoms with Crippen molar-refractivity contribution in [3.05, 3.63) is 57.6 Å². The van der Waals surface area contributed by atoms with Gasteiger partial charge in [-0.1, -0.05) is 45.4 Å². The van der Waals surface area contributed by atoms with Gasteiger partial charge in [0.15, 0.2) is 0 Å². The minimum atomic E-state index is -0.0665. The zero-order valence-corrected chi connectivity index (χ0v) is 17.3. The van der Waals surface area contributed by atoms with Crippen LogP contribution in [0.4, 0.5) is 0 Å². The Labute approximate surface area is 160 Å². The number of rotatable bonds is 8. The fourth-order valence-electron chi connectivity index (χ4n) is 3.43. The van der Waals surface area contributed by atoms with Crippen molar-refractivity contribution < 1.29 is 9.84 Å². The largest absolute Gasteiger partial charge is 0.508 e. The Hall–Kier alpha value is -1.48. The van der Waals surface area contributed by atoms with Crippen molar-refractivity contribution in [2.24, 2.45) is 0 Å². The minimum absolute atomic E-state index is 0.0665. The van der Waals surface area contributed by atoms with E-state index in [1.807, 2.05) is 13.0 Å². The molecule has 2 aromatic rings. The maximum atomic E-state index is 9.88. The highest BCUT2D eigenvalue weighted by Crippen LogP contribution is 2.42. The van der Waals surface area contributed by atoms with Gasteiger partial charge in [-0.3, -0.25) is 0 Å². The molecule has 2 nitrogen and oxygen atoms in total. The van der Waals surface area contributed by atoms with E-state index >= 15 is 0 Å². The molecule has 0 spiro atoms. The summed E-state index contributed by atoms with van der Waals surface area (Å²) in [4.78, 5) is 0. The second kappa shape index (κ2) is 8.75. The van der Waals surface area contributed by atoms with E-state index in [1.165, 1.54) is 11.1 Å². The molecule has 0 saturated heterocycles. The number of halogens is 1. The van der Waals surface area contributed by atoms with E-state index in [0.717, 1.165) is 48.1 Å². The van der Waals surface area contributed by atoms with Crippen LogP contribution in [0.2, 0.25) is 0 Å². The molecule has 2 rings (SSSR count). The van der Waals surface area contributed by atoms with Gasteiger partial charge in [0.25, 0.3) is 0 Å². The number of aromatic hydroxyl groups is 1. The van der Waals surface area contributed by atoms with E-state index in [9.17, 15) is 5.11 Å². The maximum absolute atomic E-state index is 9.88. The fraction of sp³-hybridized carbons (Fsp3) is 0.455. The van der Waals surface area contributed by atoms with Gasteiger partial charge in [0.05, 0.1) is 11.1 Å². The number of aryl methyl sites for hydroxylation is 1.